The fraction of sp³-hybridized carbons (Fsp3) is 0.316. The van der Waals surface area contributed by atoms with Crippen LogP contribution in [-0.2, 0) is 11.2 Å². The number of carbonyl (C=O) groups is 1. The van der Waals surface area contributed by atoms with E-state index in [1.165, 1.54) is 0 Å². The van der Waals surface area contributed by atoms with Gasteiger partial charge in [-0.3, -0.25) is 4.79 Å². The van der Waals surface area contributed by atoms with Gasteiger partial charge in [0, 0.05) is 17.5 Å². The minimum atomic E-state index is -0.0839. The third-order valence-corrected chi connectivity index (χ3v) is 4.10. The molecule has 0 bridgehead atoms. The normalized spacial score (nSPS) is 10.8. The second-order valence-electron chi connectivity index (χ2n) is 5.04. The molecule has 5 heteroatoms. The molecule has 0 fully saturated rings. The van der Waals surface area contributed by atoms with Gasteiger partial charge in [-0.2, -0.15) is 0 Å². The topological polar surface area (TPSA) is 47.6 Å². The maximum atomic E-state index is 11.8. The maximum absolute atomic E-state index is 11.8. The molecule has 0 saturated carbocycles. The summed E-state index contributed by atoms with van der Waals surface area (Å²) in [4.78, 5) is 12.9. The average molecular weight is 345 g/mol. The van der Waals surface area contributed by atoms with Crippen molar-refractivity contribution in [1.29, 1.82) is 0 Å². The van der Waals surface area contributed by atoms with Crippen LogP contribution in [0.4, 0.5) is 0 Å². The SMILES string of the molecule is CCOc1ccc(CCNC(=O)/C=C/c2cccs2)cc1OCC. The summed E-state index contributed by atoms with van der Waals surface area (Å²) >= 11 is 1.60. The predicted molar refractivity (Wildman–Crippen MR) is 98.8 cm³/mol. The van der Waals surface area contributed by atoms with Crippen LogP contribution in [-0.4, -0.2) is 25.7 Å². The largest absolute Gasteiger partial charge is 0.490 e. The van der Waals surface area contributed by atoms with Crippen molar-refractivity contribution in [2.45, 2.75) is 20.3 Å². The van der Waals surface area contributed by atoms with E-state index in [0.717, 1.165) is 28.4 Å². The van der Waals surface area contributed by atoms with E-state index < -0.39 is 0 Å². The lowest BCUT2D eigenvalue weighted by atomic mass is 10.1. The van der Waals surface area contributed by atoms with Crippen molar-refractivity contribution in [3.8, 4) is 11.5 Å². The summed E-state index contributed by atoms with van der Waals surface area (Å²) in [6.07, 6.45) is 4.13. The Morgan fingerprint density at radius 1 is 1.17 bits per heavy atom. The lowest BCUT2D eigenvalue weighted by Gasteiger charge is -2.12. The number of amides is 1. The summed E-state index contributed by atoms with van der Waals surface area (Å²) < 4.78 is 11.2. The number of hydrogen-bond acceptors (Lipinski definition) is 4. The Labute approximate surface area is 147 Å². The summed E-state index contributed by atoms with van der Waals surface area (Å²) in [7, 11) is 0. The Hall–Kier alpha value is -2.27. The Morgan fingerprint density at radius 2 is 1.96 bits per heavy atom. The van der Waals surface area contributed by atoms with Gasteiger partial charge in [0.25, 0.3) is 0 Å². The quantitative estimate of drug-likeness (QED) is 0.701. The van der Waals surface area contributed by atoms with E-state index in [0.29, 0.717) is 19.8 Å². The highest BCUT2D eigenvalue weighted by molar-refractivity contribution is 7.10. The van der Waals surface area contributed by atoms with E-state index in [-0.39, 0.29) is 5.91 Å². The summed E-state index contributed by atoms with van der Waals surface area (Å²) in [5.41, 5.74) is 1.10. The van der Waals surface area contributed by atoms with E-state index in [4.69, 9.17) is 9.47 Å². The molecule has 1 N–H and O–H groups in total. The van der Waals surface area contributed by atoms with Crippen molar-refractivity contribution < 1.29 is 14.3 Å². The van der Waals surface area contributed by atoms with Crippen LogP contribution >= 0.6 is 11.3 Å². The lowest BCUT2D eigenvalue weighted by molar-refractivity contribution is -0.116. The zero-order valence-corrected chi connectivity index (χ0v) is 14.9. The van der Waals surface area contributed by atoms with Gasteiger partial charge in [0.15, 0.2) is 11.5 Å². The molecule has 24 heavy (non-hydrogen) atoms. The van der Waals surface area contributed by atoms with E-state index in [1.54, 1.807) is 17.4 Å². The maximum Gasteiger partial charge on any atom is 0.244 e. The van der Waals surface area contributed by atoms with E-state index in [1.807, 2.05) is 55.6 Å². The fourth-order valence-corrected chi connectivity index (χ4v) is 2.80. The van der Waals surface area contributed by atoms with E-state index in [9.17, 15) is 4.79 Å². The van der Waals surface area contributed by atoms with Gasteiger partial charge in [0.2, 0.25) is 5.91 Å². The van der Waals surface area contributed by atoms with Crippen LogP contribution in [0.3, 0.4) is 0 Å². The Morgan fingerprint density at radius 3 is 2.67 bits per heavy atom. The minimum Gasteiger partial charge on any atom is -0.490 e. The molecule has 4 nitrogen and oxygen atoms in total. The van der Waals surface area contributed by atoms with E-state index >= 15 is 0 Å². The van der Waals surface area contributed by atoms with E-state index in [2.05, 4.69) is 5.32 Å². The van der Waals surface area contributed by atoms with Crippen LogP contribution in [0.2, 0.25) is 0 Å². The third kappa shape index (κ3) is 5.74. The number of nitrogens with one attached hydrogen (secondary N) is 1. The zero-order valence-electron chi connectivity index (χ0n) is 14.1. The number of thiophene rings is 1. The molecule has 0 radical (unpaired) electrons. The molecule has 0 atom stereocenters. The molecule has 1 heterocycles. The molecule has 2 rings (SSSR count). The summed E-state index contributed by atoms with van der Waals surface area (Å²) in [5, 5.41) is 4.88. The summed E-state index contributed by atoms with van der Waals surface area (Å²) in [5.74, 6) is 1.42. The highest BCUT2D eigenvalue weighted by Gasteiger charge is 2.06. The van der Waals surface area contributed by atoms with Crippen LogP contribution < -0.4 is 14.8 Å². The van der Waals surface area contributed by atoms with Crippen molar-refractivity contribution in [3.05, 3.63) is 52.2 Å². The summed E-state index contributed by atoms with van der Waals surface area (Å²) in [6.45, 7) is 5.67. The smallest absolute Gasteiger partial charge is 0.244 e. The Balaban J connectivity index is 1.85. The molecule has 1 aromatic heterocycles. The van der Waals surface area contributed by atoms with Crippen LogP contribution in [0.25, 0.3) is 6.08 Å². The van der Waals surface area contributed by atoms with Gasteiger partial charge in [-0.1, -0.05) is 12.1 Å². The van der Waals surface area contributed by atoms with Gasteiger partial charge in [-0.15, -0.1) is 11.3 Å². The first-order valence-corrected chi connectivity index (χ1v) is 8.98. The third-order valence-electron chi connectivity index (χ3n) is 3.26. The molecule has 0 unspecified atom stereocenters. The molecule has 0 aliphatic rings. The van der Waals surface area contributed by atoms with Gasteiger partial charge in [0.05, 0.1) is 13.2 Å². The van der Waals surface area contributed by atoms with Crippen molar-refractivity contribution in [1.82, 2.24) is 5.32 Å². The standard InChI is InChI=1S/C19H23NO3S/c1-3-22-17-9-7-15(14-18(17)23-4-2)11-12-20-19(21)10-8-16-6-5-13-24-16/h5-10,13-14H,3-4,11-12H2,1-2H3,(H,20,21)/b10-8+. The molecule has 2 aromatic rings. The zero-order chi connectivity index (χ0) is 17.2. The molecule has 0 aliphatic carbocycles. The first-order chi connectivity index (χ1) is 11.7. The fourth-order valence-electron chi connectivity index (χ4n) is 2.18. The van der Waals surface area contributed by atoms with Crippen LogP contribution in [0.15, 0.2) is 41.8 Å². The molecular formula is C19H23NO3S. The molecule has 128 valence electrons. The van der Waals surface area contributed by atoms with Gasteiger partial charge < -0.3 is 14.8 Å². The number of ether oxygens (including phenoxy) is 2. The van der Waals surface area contributed by atoms with Gasteiger partial charge in [0.1, 0.15) is 0 Å². The lowest BCUT2D eigenvalue weighted by Crippen LogP contribution is -2.23. The van der Waals surface area contributed by atoms with Crippen molar-refractivity contribution in [3.63, 3.8) is 0 Å². The van der Waals surface area contributed by atoms with Crippen molar-refractivity contribution in [2.75, 3.05) is 19.8 Å². The predicted octanol–water partition coefficient (Wildman–Crippen LogP) is 3.92. The first-order valence-electron chi connectivity index (χ1n) is 8.10. The first kappa shape index (κ1) is 18.1. The number of rotatable bonds is 9. The minimum absolute atomic E-state index is 0.0839. The van der Waals surface area contributed by atoms with Gasteiger partial charge in [-0.05, 0) is 55.5 Å². The average Bonchev–Trinajstić information content (AvgIpc) is 3.09. The summed E-state index contributed by atoms with van der Waals surface area (Å²) in [6, 6.07) is 9.83. The van der Waals surface area contributed by atoms with Crippen LogP contribution in [0.1, 0.15) is 24.3 Å². The Bertz CT molecular complexity index is 665. The van der Waals surface area contributed by atoms with Crippen molar-refractivity contribution in [2.24, 2.45) is 0 Å². The second kappa shape index (κ2) is 9.78. The number of hydrogen-bond donors (Lipinski definition) is 1. The second-order valence-corrected chi connectivity index (χ2v) is 6.02. The molecule has 0 aliphatic heterocycles. The molecule has 1 aromatic carbocycles. The number of benzene rings is 1. The Kier molecular flexibility index (Phi) is 7.36. The molecule has 1 amide bonds. The van der Waals surface area contributed by atoms with Crippen LogP contribution in [0.5, 0.6) is 11.5 Å². The monoisotopic (exact) mass is 345 g/mol. The number of carbonyl (C=O) groups excluding carboxylic acids is 1. The van der Waals surface area contributed by atoms with Crippen molar-refractivity contribution >= 4 is 23.3 Å². The highest BCUT2D eigenvalue weighted by atomic mass is 32.1. The molecule has 0 spiro atoms. The molecule has 0 saturated heterocycles. The highest BCUT2D eigenvalue weighted by Crippen LogP contribution is 2.28. The van der Waals surface area contributed by atoms with Crippen LogP contribution in [0, 0.1) is 0 Å². The molecular weight excluding hydrogens is 322 g/mol. The van der Waals surface area contributed by atoms with Gasteiger partial charge >= 0.3 is 0 Å². The van der Waals surface area contributed by atoms with Gasteiger partial charge in [-0.25, -0.2) is 0 Å².